The number of piperazine rings is 1. The number of benzene rings is 1. The van der Waals surface area contributed by atoms with E-state index in [1.165, 1.54) is 0 Å². The molecule has 1 aliphatic rings. The van der Waals surface area contributed by atoms with E-state index in [9.17, 15) is 4.79 Å². The molecule has 1 atom stereocenters. The smallest absolute Gasteiger partial charge is 0.237 e. The van der Waals surface area contributed by atoms with Crippen LogP contribution in [0.3, 0.4) is 0 Å². The highest BCUT2D eigenvalue weighted by molar-refractivity contribution is 5.80. The molecule has 1 aliphatic heterocycles. The van der Waals surface area contributed by atoms with Gasteiger partial charge in [0.05, 0.1) is 19.2 Å². The summed E-state index contributed by atoms with van der Waals surface area (Å²) in [5.74, 6) is 0.911. The lowest BCUT2D eigenvalue weighted by Gasteiger charge is -2.35. The van der Waals surface area contributed by atoms with Crippen molar-refractivity contribution in [3.63, 3.8) is 0 Å². The van der Waals surface area contributed by atoms with Crippen molar-refractivity contribution < 1.29 is 14.3 Å². The minimum Gasteiger partial charge on any atom is -0.459 e. The predicted octanol–water partition coefficient (Wildman–Crippen LogP) is 1.56. The number of furan rings is 1. The van der Waals surface area contributed by atoms with Gasteiger partial charge in [0.2, 0.25) is 5.91 Å². The second-order valence-corrected chi connectivity index (χ2v) is 6.71. The Labute approximate surface area is 148 Å². The van der Waals surface area contributed by atoms with Crippen molar-refractivity contribution in [3.8, 4) is 0 Å². The third-order valence-electron chi connectivity index (χ3n) is 5.07. The van der Waals surface area contributed by atoms with Gasteiger partial charge in [-0.1, -0.05) is 18.2 Å². The van der Waals surface area contributed by atoms with Gasteiger partial charge in [0.1, 0.15) is 11.3 Å². The molecule has 1 aromatic heterocycles. The summed E-state index contributed by atoms with van der Waals surface area (Å²) in [5, 5.41) is 10.1. The number of amides is 1. The summed E-state index contributed by atoms with van der Waals surface area (Å²) in [5.41, 5.74) is 0.852. The van der Waals surface area contributed by atoms with Gasteiger partial charge < -0.3 is 14.4 Å². The van der Waals surface area contributed by atoms with Gasteiger partial charge in [-0.3, -0.25) is 14.6 Å². The summed E-state index contributed by atoms with van der Waals surface area (Å²) in [6.07, 6.45) is 0. The SMILES string of the molecule is CC(c1cc2ccccc2o1)N(C)C(=O)CN1CCN(CCO)CC1. The van der Waals surface area contributed by atoms with Crippen LogP contribution in [0.2, 0.25) is 0 Å². The van der Waals surface area contributed by atoms with Crippen LogP contribution in [0.15, 0.2) is 34.7 Å². The van der Waals surface area contributed by atoms with Crippen molar-refractivity contribution in [1.29, 1.82) is 0 Å². The first-order valence-corrected chi connectivity index (χ1v) is 8.88. The highest BCUT2D eigenvalue weighted by Gasteiger charge is 2.24. The van der Waals surface area contributed by atoms with E-state index >= 15 is 0 Å². The maximum absolute atomic E-state index is 12.6. The number of fused-ring (bicyclic) bond motifs is 1. The highest BCUT2D eigenvalue weighted by atomic mass is 16.3. The molecule has 1 fully saturated rings. The normalized spacial score (nSPS) is 17.7. The van der Waals surface area contributed by atoms with E-state index in [4.69, 9.17) is 9.52 Å². The number of hydrogen-bond donors (Lipinski definition) is 1. The lowest BCUT2D eigenvalue weighted by atomic mass is 10.2. The summed E-state index contributed by atoms with van der Waals surface area (Å²) in [7, 11) is 1.84. The number of β-amino-alcohol motifs (C(OH)–C–C–N with tert-alkyl or cyclic N) is 1. The molecule has 3 rings (SSSR count). The first-order valence-electron chi connectivity index (χ1n) is 8.88. The van der Waals surface area contributed by atoms with Crippen LogP contribution < -0.4 is 0 Å². The molecule has 6 nitrogen and oxygen atoms in total. The van der Waals surface area contributed by atoms with Gasteiger partial charge in [0.15, 0.2) is 0 Å². The van der Waals surface area contributed by atoms with Crippen molar-refractivity contribution >= 4 is 16.9 Å². The van der Waals surface area contributed by atoms with E-state index in [1.807, 2.05) is 44.3 Å². The van der Waals surface area contributed by atoms with E-state index in [0.717, 1.165) is 42.9 Å². The van der Waals surface area contributed by atoms with Gasteiger partial charge in [-0.15, -0.1) is 0 Å². The van der Waals surface area contributed by atoms with Crippen LogP contribution in [0.4, 0.5) is 0 Å². The quantitative estimate of drug-likeness (QED) is 0.861. The summed E-state index contributed by atoms with van der Waals surface area (Å²) in [6.45, 7) is 6.84. The topological polar surface area (TPSA) is 60.2 Å². The monoisotopic (exact) mass is 345 g/mol. The van der Waals surface area contributed by atoms with Crippen molar-refractivity contribution in [2.24, 2.45) is 0 Å². The highest BCUT2D eigenvalue weighted by Crippen LogP contribution is 2.26. The van der Waals surface area contributed by atoms with Crippen LogP contribution >= 0.6 is 0 Å². The number of aliphatic hydroxyl groups excluding tert-OH is 1. The van der Waals surface area contributed by atoms with Crippen molar-refractivity contribution in [2.45, 2.75) is 13.0 Å². The molecule has 25 heavy (non-hydrogen) atoms. The Balaban J connectivity index is 1.56. The number of nitrogens with zero attached hydrogens (tertiary/aromatic N) is 3. The second kappa shape index (κ2) is 7.99. The Morgan fingerprint density at radius 3 is 2.60 bits per heavy atom. The van der Waals surface area contributed by atoms with Crippen molar-refractivity contribution in [2.75, 3.05) is 52.9 Å². The number of carbonyl (C=O) groups excluding carboxylic acids is 1. The Morgan fingerprint density at radius 2 is 1.92 bits per heavy atom. The van der Waals surface area contributed by atoms with Gasteiger partial charge in [-0.05, 0) is 19.1 Å². The molecule has 0 spiro atoms. The van der Waals surface area contributed by atoms with Crippen molar-refractivity contribution in [1.82, 2.24) is 14.7 Å². The number of likely N-dealkylation sites (N-methyl/N-ethyl adjacent to an activating group) is 1. The standard InChI is InChI=1S/C19H27N3O3/c1-15(18-13-16-5-3-4-6-17(16)25-18)20(2)19(24)14-22-9-7-21(8-10-22)11-12-23/h3-6,13,15,23H,7-12,14H2,1-2H3. The van der Waals surface area contributed by atoms with Crippen LogP contribution in [-0.4, -0.2) is 78.6 Å². The molecule has 0 radical (unpaired) electrons. The minimum absolute atomic E-state index is 0.101. The lowest BCUT2D eigenvalue weighted by molar-refractivity contribution is -0.133. The maximum atomic E-state index is 12.6. The average molecular weight is 345 g/mol. The molecule has 1 amide bonds. The molecule has 136 valence electrons. The van der Waals surface area contributed by atoms with Gasteiger partial charge >= 0.3 is 0 Å². The minimum atomic E-state index is -0.101. The first kappa shape index (κ1) is 17.9. The van der Waals surface area contributed by atoms with Crippen LogP contribution in [0.25, 0.3) is 11.0 Å². The van der Waals surface area contributed by atoms with E-state index in [1.54, 1.807) is 4.90 Å². The average Bonchev–Trinajstić information content (AvgIpc) is 3.06. The molecule has 1 N–H and O–H groups in total. The van der Waals surface area contributed by atoms with Gasteiger partial charge in [0, 0.05) is 45.2 Å². The zero-order chi connectivity index (χ0) is 17.8. The first-order chi connectivity index (χ1) is 12.1. The predicted molar refractivity (Wildman–Crippen MR) is 97.4 cm³/mol. The van der Waals surface area contributed by atoms with Gasteiger partial charge in [-0.2, -0.15) is 0 Å². The third kappa shape index (κ3) is 4.21. The van der Waals surface area contributed by atoms with E-state index in [0.29, 0.717) is 13.1 Å². The zero-order valence-electron chi connectivity index (χ0n) is 15.0. The summed E-state index contributed by atoms with van der Waals surface area (Å²) >= 11 is 0. The summed E-state index contributed by atoms with van der Waals surface area (Å²) in [4.78, 5) is 18.8. The Kier molecular flexibility index (Phi) is 5.73. The number of rotatable bonds is 6. The summed E-state index contributed by atoms with van der Waals surface area (Å²) < 4.78 is 5.89. The molecule has 0 saturated carbocycles. The molecule has 1 saturated heterocycles. The fourth-order valence-electron chi connectivity index (χ4n) is 3.23. The molecule has 0 aliphatic carbocycles. The zero-order valence-corrected chi connectivity index (χ0v) is 15.0. The van der Waals surface area contributed by atoms with E-state index in [-0.39, 0.29) is 18.6 Å². The Bertz CT molecular complexity index is 674. The number of hydrogen-bond acceptors (Lipinski definition) is 5. The molecular weight excluding hydrogens is 318 g/mol. The van der Waals surface area contributed by atoms with Crippen molar-refractivity contribution in [3.05, 3.63) is 36.1 Å². The molecule has 2 aromatic rings. The lowest BCUT2D eigenvalue weighted by Crippen LogP contribution is -2.50. The number of para-hydroxylation sites is 1. The largest absolute Gasteiger partial charge is 0.459 e. The molecule has 2 heterocycles. The van der Waals surface area contributed by atoms with E-state index < -0.39 is 0 Å². The fraction of sp³-hybridized carbons (Fsp3) is 0.526. The molecule has 0 bridgehead atoms. The van der Waals surface area contributed by atoms with Crippen LogP contribution in [-0.2, 0) is 4.79 Å². The third-order valence-corrected chi connectivity index (χ3v) is 5.07. The number of aliphatic hydroxyl groups is 1. The van der Waals surface area contributed by atoms with Gasteiger partial charge in [0.25, 0.3) is 0 Å². The fourth-order valence-corrected chi connectivity index (χ4v) is 3.23. The van der Waals surface area contributed by atoms with Crippen LogP contribution in [0.1, 0.15) is 18.7 Å². The molecule has 1 unspecified atom stereocenters. The second-order valence-electron chi connectivity index (χ2n) is 6.71. The molecule has 1 aromatic carbocycles. The number of carbonyl (C=O) groups is 1. The Morgan fingerprint density at radius 1 is 1.24 bits per heavy atom. The van der Waals surface area contributed by atoms with E-state index in [2.05, 4.69) is 9.80 Å². The maximum Gasteiger partial charge on any atom is 0.237 e. The van der Waals surface area contributed by atoms with Crippen LogP contribution in [0, 0.1) is 0 Å². The van der Waals surface area contributed by atoms with Gasteiger partial charge in [-0.25, -0.2) is 0 Å². The molecular formula is C19H27N3O3. The van der Waals surface area contributed by atoms with Crippen LogP contribution in [0.5, 0.6) is 0 Å². The summed E-state index contributed by atoms with van der Waals surface area (Å²) in [6, 6.07) is 9.80. The Hall–Kier alpha value is -1.89. The molecule has 6 heteroatoms.